The molecule has 2 rings (SSSR count). The molecule has 0 saturated heterocycles. The molecule has 1 aromatic rings. The summed E-state index contributed by atoms with van der Waals surface area (Å²) in [7, 11) is 0. The Morgan fingerprint density at radius 1 is 1.56 bits per heavy atom. The first kappa shape index (κ1) is 10.5. The number of rotatable bonds is 3. The average molecular weight is 225 g/mol. The minimum Gasteiger partial charge on any atom is -0.481 e. The van der Waals surface area contributed by atoms with E-state index in [1.807, 2.05) is 0 Å². The predicted octanol–water partition coefficient (Wildman–Crippen LogP) is 1.92. The van der Waals surface area contributed by atoms with Gasteiger partial charge in [0.25, 0.3) is 0 Å². The number of halogens is 1. The minimum atomic E-state index is -0.919. The maximum Gasteiger partial charge on any atom is 0.307 e. The van der Waals surface area contributed by atoms with E-state index in [0.717, 1.165) is 12.1 Å². The molecule has 1 aromatic carbocycles. The molecule has 1 aliphatic rings. The lowest BCUT2D eigenvalue weighted by Crippen LogP contribution is -2.00. The van der Waals surface area contributed by atoms with Crippen LogP contribution in [0, 0.1) is 21.8 Å². The molecule has 2 unspecified atom stereocenters. The molecule has 6 heteroatoms. The second-order valence-electron chi connectivity index (χ2n) is 3.75. The van der Waals surface area contributed by atoms with Crippen molar-refractivity contribution < 1.29 is 19.2 Å². The Labute approximate surface area is 89.7 Å². The SMILES string of the molecule is O=C(O)C1CC1c1ccc(F)c([N+](=O)[O-])c1. The van der Waals surface area contributed by atoms with Gasteiger partial charge >= 0.3 is 11.7 Å². The molecular weight excluding hydrogens is 217 g/mol. The van der Waals surface area contributed by atoms with Crippen LogP contribution in [0.15, 0.2) is 18.2 Å². The summed E-state index contributed by atoms with van der Waals surface area (Å²) < 4.78 is 13.0. The molecule has 0 spiro atoms. The lowest BCUT2D eigenvalue weighted by Gasteiger charge is -1.99. The van der Waals surface area contributed by atoms with E-state index in [2.05, 4.69) is 0 Å². The van der Waals surface area contributed by atoms with Crippen molar-refractivity contribution in [1.29, 1.82) is 0 Å². The molecule has 0 aliphatic heterocycles. The first-order valence-electron chi connectivity index (χ1n) is 4.67. The van der Waals surface area contributed by atoms with Crippen molar-refractivity contribution in [1.82, 2.24) is 0 Å². The van der Waals surface area contributed by atoms with Gasteiger partial charge in [-0.3, -0.25) is 14.9 Å². The summed E-state index contributed by atoms with van der Waals surface area (Å²) in [5.74, 6) is -2.54. The molecule has 1 fully saturated rings. The Morgan fingerprint density at radius 3 is 2.75 bits per heavy atom. The van der Waals surface area contributed by atoms with Crippen molar-refractivity contribution >= 4 is 11.7 Å². The summed E-state index contributed by atoms with van der Waals surface area (Å²) in [4.78, 5) is 20.3. The number of nitro benzene ring substituents is 1. The fraction of sp³-hybridized carbons (Fsp3) is 0.300. The van der Waals surface area contributed by atoms with Crippen LogP contribution in [0.2, 0.25) is 0 Å². The molecule has 0 bridgehead atoms. The van der Waals surface area contributed by atoms with Crippen LogP contribution in [-0.2, 0) is 4.79 Å². The molecule has 5 nitrogen and oxygen atoms in total. The molecule has 84 valence electrons. The summed E-state index contributed by atoms with van der Waals surface area (Å²) in [6, 6.07) is 3.52. The fourth-order valence-corrected chi connectivity index (χ4v) is 1.74. The monoisotopic (exact) mass is 225 g/mol. The van der Waals surface area contributed by atoms with Crippen molar-refractivity contribution in [3.05, 3.63) is 39.7 Å². The molecule has 1 aliphatic carbocycles. The van der Waals surface area contributed by atoms with E-state index >= 15 is 0 Å². The van der Waals surface area contributed by atoms with Gasteiger partial charge in [0, 0.05) is 6.07 Å². The normalized spacial score (nSPS) is 22.8. The van der Waals surface area contributed by atoms with E-state index in [1.165, 1.54) is 6.07 Å². The lowest BCUT2D eigenvalue weighted by molar-refractivity contribution is -0.387. The van der Waals surface area contributed by atoms with Crippen LogP contribution in [0.1, 0.15) is 17.9 Å². The van der Waals surface area contributed by atoms with Crippen LogP contribution >= 0.6 is 0 Å². The third-order valence-electron chi connectivity index (χ3n) is 2.70. The Morgan fingerprint density at radius 2 is 2.25 bits per heavy atom. The van der Waals surface area contributed by atoms with Crippen LogP contribution in [0.25, 0.3) is 0 Å². The second-order valence-corrected chi connectivity index (χ2v) is 3.75. The highest BCUT2D eigenvalue weighted by molar-refractivity contribution is 5.75. The maximum absolute atomic E-state index is 13.0. The highest BCUT2D eigenvalue weighted by atomic mass is 19.1. The van der Waals surface area contributed by atoms with E-state index in [-0.39, 0.29) is 5.92 Å². The number of carbonyl (C=O) groups is 1. The number of hydrogen-bond donors (Lipinski definition) is 1. The highest BCUT2D eigenvalue weighted by Gasteiger charge is 2.44. The summed E-state index contributed by atoms with van der Waals surface area (Å²) in [5.41, 5.74) is -0.0889. The summed E-state index contributed by atoms with van der Waals surface area (Å²) >= 11 is 0. The van der Waals surface area contributed by atoms with Gasteiger partial charge < -0.3 is 5.11 Å². The molecule has 2 atom stereocenters. The predicted molar refractivity (Wildman–Crippen MR) is 51.5 cm³/mol. The molecule has 0 amide bonds. The summed E-state index contributed by atoms with van der Waals surface area (Å²) in [6.45, 7) is 0. The van der Waals surface area contributed by atoms with Crippen molar-refractivity contribution in [2.45, 2.75) is 12.3 Å². The van der Waals surface area contributed by atoms with Gasteiger partial charge in [-0.15, -0.1) is 0 Å². The van der Waals surface area contributed by atoms with Gasteiger partial charge in [0.2, 0.25) is 5.82 Å². The van der Waals surface area contributed by atoms with Gasteiger partial charge in [0.05, 0.1) is 10.8 Å². The molecule has 1 saturated carbocycles. The van der Waals surface area contributed by atoms with Crippen LogP contribution in [0.4, 0.5) is 10.1 Å². The number of carboxylic acid groups (broad SMARTS) is 1. The zero-order chi connectivity index (χ0) is 11.9. The maximum atomic E-state index is 13.0. The van der Waals surface area contributed by atoms with Gasteiger partial charge in [-0.05, 0) is 24.0 Å². The van der Waals surface area contributed by atoms with E-state index in [1.54, 1.807) is 0 Å². The zero-order valence-corrected chi connectivity index (χ0v) is 8.09. The number of hydrogen-bond acceptors (Lipinski definition) is 3. The molecule has 0 aromatic heterocycles. The third kappa shape index (κ3) is 1.73. The molecule has 0 radical (unpaired) electrons. The van der Waals surface area contributed by atoms with E-state index in [9.17, 15) is 19.3 Å². The van der Waals surface area contributed by atoms with Crippen molar-refractivity contribution in [3.63, 3.8) is 0 Å². The van der Waals surface area contributed by atoms with E-state index in [0.29, 0.717) is 12.0 Å². The topological polar surface area (TPSA) is 80.4 Å². The summed E-state index contributed by atoms with van der Waals surface area (Å²) in [6.07, 6.45) is 0.456. The van der Waals surface area contributed by atoms with Crippen LogP contribution in [-0.4, -0.2) is 16.0 Å². The third-order valence-corrected chi connectivity index (χ3v) is 2.70. The van der Waals surface area contributed by atoms with Gasteiger partial charge in [0.1, 0.15) is 0 Å². The number of aliphatic carboxylic acids is 1. The molecule has 16 heavy (non-hydrogen) atoms. The minimum absolute atomic E-state index is 0.225. The average Bonchev–Trinajstić information content (AvgIpc) is 2.97. The first-order valence-corrected chi connectivity index (χ1v) is 4.67. The van der Waals surface area contributed by atoms with Crippen LogP contribution in [0.3, 0.4) is 0 Å². The van der Waals surface area contributed by atoms with Gasteiger partial charge in [-0.1, -0.05) is 6.07 Å². The zero-order valence-electron chi connectivity index (χ0n) is 8.09. The van der Waals surface area contributed by atoms with Gasteiger partial charge in [-0.25, -0.2) is 0 Å². The van der Waals surface area contributed by atoms with Crippen LogP contribution in [0.5, 0.6) is 0 Å². The van der Waals surface area contributed by atoms with Crippen molar-refractivity contribution in [3.8, 4) is 0 Å². The Hall–Kier alpha value is -1.98. The lowest BCUT2D eigenvalue weighted by atomic mass is 10.1. The summed E-state index contributed by atoms with van der Waals surface area (Å²) in [5, 5.41) is 19.2. The molecular formula is C10H8FNO4. The number of carboxylic acids is 1. The molecule has 1 N–H and O–H groups in total. The first-order chi connectivity index (χ1) is 7.50. The van der Waals surface area contributed by atoms with E-state index in [4.69, 9.17) is 5.11 Å². The van der Waals surface area contributed by atoms with Crippen molar-refractivity contribution in [2.75, 3.05) is 0 Å². The molecule has 0 heterocycles. The van der Waals surface area contributed by atoms with Gasteiger partial charge in [0.15, 0.2) is 0 Å². The largest absolute Gasteiger partial charge is 0.481 e. The van der Waals surface area contributed by atoms with Crippen LogP contribution < -0.4 is 0 Å². The Bertz CT molecular complexity index is 474. The fourth-order valence-electron chi connectivity index (χ4n) is 1.74. The number of nitro groups is 1. The van der Waals surface area contributed by atoms with Gasteiger partial charge in [-0.2, -0.15) is 4.39 Å². The van der Waals surface area contributed by atoms with Crippen molar-refractivity contribution in [2.24, 2.45) is 5.92 Å². The van der Waals surface area contributed by atoms with E-state index < -0.39 is 28.3 Å². The smallest absolute Gasteiger partial charge is 0.307 e. The number of benzene rings is 1. The Balaban J connectivity index is 2.28. The quantitative estimate of drug-likeness (QED) is 0.629. The number of nitrogens with zero attached hydrogens (tertiary/aromatic N) is 1. The highest BCUT2D eigenvalue weighted by Crippen LogP contribution is 2.48. The second kappa shape index (κ2) is 3.55. The standard InChI is InChI=1S/C10H8FNO4/c11-8-2-1-5(3-9(8)12(15)16)6-4-7(6)10(13)14/h1-3,6-7H,4H2,(H,13,14). The Kier molecular flexibility index (Phi) is 2.34.